The van der Waals surface area contributed by atoms with Gasteiger partial charge < -0.3 is 5.32 Å². The first-order valence-corrected chi connectivity index (χ1v) is 5.28. The Bertz CT molecular complexity index is 307. The Kier molecular flexibility index (Phi) is 4.27. The third-order valence-electron chi connectivity index (χ3n) is 2.67. The van der Waals surface area contributed by atoms with Gasteiger partial charge in [-0.25, -0.2) is 5.43 Å². The van der Waals surface area contributed by atoms with Crippen LogP contribution in [0.15, 0.2) is 24.3 Å². The highest BCUT2D eigenvalue weighted by molar-refractivity contribution is 5.32. The lowest BCUT2D eigenvalue weighted by Crippen LogP contribution is -2.40. The Morgan fingerprint density at radius 1 is 1.27 bits per heavy atom. The first-order valence-electron chi connectivity index (χ1n) is 5.28. The number of rotatable bonds is 5. The zero-order valence-corrected chi connectivity index (χ0v) is 9.80. The third kappa shape index (κ3) is 3.30. The number of aryl methyl sites for hydroxylation is 1. The maximum absolute atomic E-state index is 5.21. The molecule has 3 nitrogen and oxygen atoms in total. The van der Waals surface area contributed by atoms with Gasteiger partial charge in [-0.05, 0) is 18.1 Å². The van der Waals surface area contributed by atoms with Crippen LogP contribution in [0.4, 0.5) is 0 Å². The molecule has 0 fully saturated rings. The van der Waals surface area contributed by atoms with E-state index in [1.165, 1.54) is 11.1 Å². The molecule has 1 aromatic carbocycles. The van der Waals surface area contributed by atoms with Gasteiger partial charge >= 0.3 is 0 Å². The topological polar surface area (TPSA) is 50.1 Å². The molecule has 15 heavy (non-hydrogen) atoms. The lowest BCUT2D eigenvalue weighted by atomic mass is 9.82. The summed E-state index contributed by atoms with van der Waals surface area (Å²) < 4.78 is 0. The molecule has 0 aliphatic rings. The fourth-order valence-corrected chi connectivity index (χ4v) is 1.87. The SMILES string of the molecule is Cc1ccccc1C(C)(C)CNCNN. The Balaban J connectivity index is 2.72. The quantitative estimate of drug-likeness (QED) is 0.295. The van der Waals surface area contributed by atoms with Crippen LogP contribution >= 0.6 is 0 Å². The number of hydrazine groups is 1. The summed E-state index contributed by atoms with van der Waals surface area (Å²) in [5, 5.41) is 3.26. The molecule has 0 radical (unpaired) electrons. The molecule has 0 saturated carbocycles. The van der Waals surface area contributed by atoms with Gasteiger partial charge in [-0.1, -0.05) is 38.1 Å². The van der Waals surface area contributed by atoms with Gasteiger partial charge in [0.1, 0.15) is 0 Å². The number of hydrogen-bond donors (Lipinski definition) is 3. The molecule has 0 atom stereocenters. The first-order chi connectivity index (χ1) is 7.08. The van der Waals surface area contributed by atoms with Crippen molar-refractivity contribution in [3.63, 3.8) is 0 Å². The summed E-state index contributed by atoms with van der Waals surface area (Å²) >= 11 is 0. The van der Waals surface area contributed by atoms with Gasteiger partial charge in [0.05, 0.1) is 6.67 Å². The molecule has 0 aliphatic heterocycles. The Labute approximate surface area is 92.0 Å². The zero-order valence-electron chi connectivity index (χ0n) is 9.80. The highest BCUT2D eigenvalue weighted by Gasteiger charge is 2.21. The number of nitrogens with one attached hydrogen (secondary N) is 2. The molecule has 3 heteroatoms. The second-order valence-electron chi connectivity index (χ2n) is 4.51. The summed E-state index contributed by atoms with van der Waals surface area (Å²) in [4.78, 5) is 0. The van der Waals surface area contributed by atoms with Crippen molar-refractivity contribution in [2.45, 2.75) is 26.2 Å². The third-order valence-corrected chi connectivity index (χ3v) is 2.67. The Morgan fingerprint density at radius 3 is 2.53 bits per heavy atom. The van der Waals surface area contributed by atoms with Crippen LogP contribution in [0.5, 0.6) is 0 Å². The summed E-state index contributed by atoms with van der Waals surface area (Å²) in [6.45, 7) is 8.16. The zero-order chi connectivity index (χ0) is 11.3. The average molecular weight is 207 g/mol. The second-order valence-corrected chi connectivity index (χ2v) is 4.51. The van der Waals surface area contributed by atoms with E-state index in [4.69, 9.17) is 5.84 Å². The van der Waals surface area contributed by atoms with Crippen LogP contribution < -0.4 is 16.6 Å². The minimum Gasteiger partial charge on any atom is -0.303 e. The molecule has 0 saturated heterocycles. The van der Waals surface area contributed by atoms with E-state index in [1.54, 1.807) is 0 Å². The van der Waals surface area contributed by atoms with Gasteiger partial charge in [0, 0.05) is 12.0 Å². The van der Waals surface area contributed by atoms with Crippen LogP contribution in [0.3, 0.4) is 0 Å². The van der Waals surface area contributed by atoms with Crippen molar-refractivity contribution in [1.82, 2.24) is 10.7 Å². The summed E-state index contributed by atoms with van der Waals surface area (Å²) in [6.07, 6.45) is 0. The van der Waals surface area contributed by atoms with E-state index in [2.05, 4.69) is 55.8 Å². The van der Waals surface area contributed by atoms with Crippen LogP contribution in [0.1, 0.15) is 25.0 Å². The standard InChI is InChI=1S/C12H21N3/c1-10-6-4-5-7-11(10)12(2,3)8-14-9-15-13/h4-7,14-15H,8-9,13H2,1-3H3. The Morgan fingerprint density at radius 2 is 1.93 bits per heavy atom. The van der Waals surface area contributed by atoms with E-state index >= 15 is 0 Å². The molecule has 0 amide bonds. The number of nitrogens with two attached hydrogens (primary N) is 1. The molecule has 0 spiro atoms. The van der Waals surface area contributed by atoms with Crippen LogP contribution in [0, 0.1) is 6.92 Å². The molecule has 84 valence electrons. The molecule has 0 bridgehead atoms. The van der Waals surface area contributed by atoms with Crippen LogP contribution in [-0.4, -0.2) is 13.2 Å². The van der Waals surface area contributed by atoms with Crippen LogP contribution in [0.25, 0.3) is 0 Å². The molecule has 1 rings (SSSR count). The largest absolute Gasteiger partial charge is 0.303 e. The first kappa shape index (κ1) is 12.2. The highest BCUT2D eigenvalue weighted by atomic mass is 15.3. The van der Waals surface area contributed by atoms with Crippen molar-refractivity contribution in [3.8, 4) is 0 Å². The average Bonchev–Trinajstić information content (AvgIpc) is 2.18. The molecule has 1 aromatic rings. The van der Waals surface area contributed by atoms with Gasteiger partial charge in [0.25, 0.3) is 0 Å². The van der Waals surface area contributed by atoms with E-state index in [0.29, 0.717) is 6.67 Å². The van der Waals surface area contributed by atoms with E-state index in [1.807, 2.05) is 0 Å². The molecule has 0 unspecified atom stereocenters. The molecule has 4 N–H and O–H groups in total. The predicted molar refractivity (Wildman–Crippen MR) is 64.4 cm³/mol. The van der Waals surface area contributed by atoms with Gasteiger partial charge in [-0.3, -0.25) is 5.84 Å². The van der Waals surface area contributed by atoms with Crippen molar-refractivity contribution >= 4 is 0 Å². The normalized spacial score (nSPS) is 11.7. The molecule has 0 heterocycles. The van der Waals surface area contributed by atoms with Crippen LogP contribution in [-0.2, 0) is 5.41 Å². The summed E-state index contributed by atoms with van der Waals surface area (Å²) in [6, 6.07) is 8.50. The van der Waals surface area contributed by atoms with E-state index in [9.17, 15) is 0 Å². The summed E-state index contributed by atoms with van der Waals surface area (Å²) in [5.41, 5.74) is 5.44. The van der Waals surface area contributed by atoms with Gasteiger partial charge in [0.15, 0.2) is 0 Å². The van der Waals surface area contributed by atoms with Crippen molar-refractivity contribution in [1.29, 1.82) is 0 Å². The minimum absolute atomic E-state index is 0.127. The monoisotopic (exact) mass is 207 g/mol. The number of benzene rings is 1. The van der Waals surface area contributed by atoms with E-state index < -0.39 is 0 Å². The summed E-state index contributed by atoms with van der Waals surface area (Å²) in [5.74, 6) is 5.21. The fourth-order valence-electron chi connectivity index (χ4n) is 1.87. The van der Waals surface area contributed by atoms with Crippen LogP contribution in [0.2, 0.25) is 0 Å². The van der Waals surface area contributed by atoms with E-state index in [-0.39, 0.29) is 5.41 Å². The lowest BCUT2D eigenvalue weighted by molar-refractivity contribution is 0.453. The number of hydrogen-bond acceptors (Lipinski definition) is 3. The van der Waals surface area contributed by atoms with Gasteiger partial charge in [-0.15, -0.1) is 0 Å². The Hall–Kier alpha value is -0.900. The van der Waals surface area contributed by atoms with Gasteiger partial charge in [-0.2, -0.15) is 0 Å². The minimum atomic E-state index is 0.127. The molecular weight excluding hydrogens is 186 g/mol. The predicted octanol–water partition coefficient (Wildman–Crippen LogP) is 1.28. The maximum atomic E-state index is 5.21. The van der Waals surface area contributed by atoms with Crippen molar-refractivity contribution in [2.75, 3.05) is 13.2 Å². The fraction of sp³-hybridized carbons (Fsp3) is 0.500. The molecule has 0 aliphatic carbocycles. The maximum Gasteiger partial charge on any atom is 0.0587 e. The lowest BCUT2D eigenvalue weighted by Gasteiger charge is -2.27. The highest BCUT2D eigenvalue weighted by Crippen LogP contribution is 2.25. The van der Waals surface area contributed by atoms with Crippen molar-refractivity contribution in [3.05, 3.63) is 35.4 Å². The molecule has 0 aromatic heterocycles. The smallest absolute Gasteiger partial charge is 0.0587 e. The summed E-state index contributed by atoms with van der Waals surface area (Å²) in [7, 11) is 0. The second kappa shape index (κ2) is 5.26. The van der Waals surface area contributed by atoms with Gasteiger partial charge in [0.2, 0.25) is 0 Å². The van der Waals surface area contributed by atoms with Crippen molar-refractivity contribution in [2.24, 2.45) is 5.84 Å². The molecular formula is C12H21N3. The van der Waals surface area contributed by atoms with Crippen molar-refractivity contribution < 1.29 is 0 Å². The van der Waals surface area contributed by atoms with E-state index in [0.717, 1.165) is 6.54 Å².